The maximum atomic E-state index is 12.0. The fraction of sp³-hybridized carbons (Fsp3) is 0. The Kier molecular flexibility index (Phi) is 4.84. The molecule has 1 heterocycles. The van der Waals surface area contributed by atoms with Crippen LogP contribution in [0, 0.1) is 0 Å². The third-order valence-corrected chi connectivity index (χ3v) is 3.64. The van der Waals surface area contributed by atoms with Gasteiger partial charge in [-0.3, -0.25) is 14.6 Å². The van der Waals surface area contributed by atoms with E-state index in [2.05, 4.69) is 15.5 Å². The molecule has 0 saturated heterocycles. The number of hydrazone groups is 1. The first-order valence-corrected chi connectivity index (χ1v) is 7.74. The summed E-state index contributed by atoms with van der Waals surface area (Å²) < 4.78 is 0.896. The van der Waals surface area contributed by atoms with Crippen molar-refractivity contribution in [1.82, 2.24) is 15.0 Å². The minimum Gasteiger partial charge on any atom is -0.507 e. The van der Waals surface area contributed by atoms with Gasteiger partial charge in [-0.2, -0.15) is 5.10 Å². The minimum absolute atomic E-state index is 0.0120. The van der Waals surface area contributed by atoms with Gasteiger partial charge in [-0.25, -0.2) is 14.8 Å². The van der Waals surface area contributed by atoms with Crippen LogP contribution >= 0.6 is 0 Å². The lowest BCUT2D eigenvalue weighted by atomic mass is 10.2. The number of phenolic OH excluding ortho intramolecular Hbond substituents is 1. The summed E-state index contributed by atoms with van der Waals surface area (Å²) in [6, 6.07) is 14.0. The van der Waals surface area contributed by atoms with Gasteiger partial charge in [0.25, 0.3) is 11.5 Å². The molecule has 0 unspecified atom stereocenters. The van der Waals surface area contributed by atoms with Crippen molar-refractivity contribution in [2.45, 2.75) is 0 Å². The Morgan fingerprint density at radius 1 is 1.04 bits per heavy atom. The lowest BCUT2D eigenvalue weighted by Crippen LogP contribution is -2.31. The van der Waals surface area contributed by atoms with E-state index in [1.807, 2.05) is 0 Å². The van der Waals surface area contributed by atoms with E-state index >= 15 is 0 Å². The number of hydrogen-bond acceptors (Lipinski definition) is 6. The van der Waals surface area contributed by atoms with Gasteiger partial charge in [0.05, 0.1) is 17.5 Å². The molecule has 27 heavy (non-hydrogen) atoms. The van der Waals surface area contributed by atoms with Crippen LogP contribution in [0.15, 0.2) is 69.3 Å². The molecule has 0 saturated carbocycles. The zero-order valence-corrected chi connectivity index (χ0v) is 13.8. The lowest BCUT2D eigenvalue weighted by Gasteiger charge is -2.09. The first kappa shape index (κ1) is 17.7. The van der Waals surface area contributed by atoms with Crippen LogP contribution in [0.5, 0.6) is 11.6 Å². The fourth-order valence-electron chi connectivity index (χ4n) is 2.35. The lowest BCUT2D eigenvalue weighted by molar-refractivity contribution is 0.0952. The van der Waals surface area contributed by atoms with E-state index in [1.54, 1.807) is 42.5 Å². The molecule has 0 spiro atoms. The quantitative estimate of drug-likeness (QED) is 0.398. The third kappa shape index (κ3) is 3.61. The zero-order valence-electron chi connectivity index (χ0n) is 13.8. The number of H-pyrrole nitrogens is 1. The Balaban J connectivity index is 1.92. The van der Waals surface area contributed by atoms with Gasteiger partial charge in [0.15, 0.2) is 0 Å². The summed E-state index contributed by atoms with van der Waals surface area (Å²) >= 11 is 0. The van der Waals surface area contributed by atoms with Crippen molar-refractivity contribution in [2.24, 2.45) is 5.10 Å². The molecule has 9 nitrogen and oxygen atoms in total. The van der Waals surface area contributed by atoms with Gasteiger partial charge in [0, 0.05) is 0 Å². The smallest absolute Gasteiger partial charge is 0.335 e. The summed E-state index contributed by atoms with van der Waals surface area (Å²) in [6.45, 7) is 0. The van der Waals surface area contributed by atoms with Gasteiger partial charge < -0.3 is 10.2 Å². The number of para-hydroxylation sites is 2. The number of hydrogen-bond donors (Lipinski definition) is 4. The minimum atomic E-state index is -0.870. The number of phenols is 1. The number of amides is 1. The number of carbonyl (C=O) groups is 1. The summed E-state index contributed by atoms with van der Waals surface area (Å²) in [5.41, 5.74) is 0.447. The fourth-order valence-corrected chi connectivity index (χ4v) is 2.35. The van der Waals surface area contributed by atoms with E-state index in [4.69, 9.17) is 0 Å². The molecule has 0 bridgehead atoms. The van der Waals surface area contributed by atoms with E-state index in [9.17, 15) is 24.6 Å². The second kappa shape index (κ2) is 7.40. The summed E-state index contributed by atoms with van der Waals surface area (Å²) in [7, 11) is 0. The van der Waals surface area contributed by atoms with E-state index in [0.29, 0.717) is 5.69 Å². The number of aromatic hydroxyl groups is 2. The van der Waals surface area contributed by atoms with Gasteiger partial charge in [-0.1, -0.05) is 30.3 Å². The molecule has 4 N–H and O–H groups in total. The van der Waals surface area contributed by atoms with Crippen molar-refractivity contribution < 1.29 is 15.0 Å². The monoisotopic (exact) mass is 366 g/mol. The van der Waals surface area contributed by atoms with Crippen LogP contribution in [0.3, 0.4) is 0 Å². The Morgan fingerprint density at radius 2 is 1.70 bits per heavy atom. The number of rotatable bonds is 4. The number of nitrogens with zero attached hydrogens (tertiary/aromatic N) is 2. The second-order valence-corrected chi connectivity index (χ2v) is 5.38. The second-order valence-electron chi connectivity index (χ2n) is 5.38. The summed E-state index contributed by atoms with van der Waals surface area (Å²) in [5.74, 6) is -1.57. The van der Waals surface area contributed by atoms with Crippen molar-refractivity contribution >= 4 is 12.1 Å². The molecule has 3 rings (SSSR count). The van der Waals surface area contributed by atoms with Gasteiger partial charge in [-0.05, 0) is 24.3 Å². The zero-order chi connectivity index (χ0) is 19.4. The average Bonchev–Trinajstić information content (AvgIpc) is 2.65. The van der Waals surface area contributed by atoms with Crippen molar-refractivity contribution in [3.63, 3.8) is 0 Å². The van der Waals surface area contributed by atoms with Crippen LogP contribution in [0.1, 0.15) is 15.9 Å². The largest absolute Gasteiger partial charge is 0.507 e. The molecular formula is C18H14N4O5. The standard InChI is InChI=1S/C18H14N4O5/c23-14-9-5-4-8-12(14)16(25)21-19-10-13-15(24)20-18(27)22(17(13)26)11-6-2-1-3-7-11/h1-10,23,26H,(H,21,25)(H,20,24,27). The molecule has 1 aromatic heterocycles. The molecule has 0 aliphatic rings. The normalized spacial score (nSPS) is 10.8. The molecule has 0 radical (unpaired) electrons. The predicted molar refractivity (Wildman–Crippen MR) is 97.5 cm³/mol. The van der Waals surface area contributed by atoms with Crippen molar-refractivity contribution in [1.29, 1.82) is 0 Å². The van der Waals surface area contributed by atoms with Crippen LogP contribution in [0.25, 0.3) is 5.69 Å². The number of aromatic nitrogens is 2. The van der Waals surface area contributed by atoms with Crippen LogP contribution < -0.4 is 16.7 Å². The van der Waals surface area contributed by atoms with E-state index in [0.717, 1.165) is 10.8 Å². The summed E-state index contributed by atoms with van der Waals surface area (Å²) in [6.07, 6.45) is 0.908. The Hall–Kier alpha value is -4.14. The van der Waals surface area contributed by atoms with Gasteiger partial charge in [0.2, 0.25) is 5.88 Å². The third-order valence-electron chi connectivity index (χ3n) is 3.64. The van der Waals surface area contributed by atoms with E-state index in [-0.39, 0.29) is 16.9 Å². The molecule has 0 atom stereocenters. The molecule has 136 valence electrons. The van der Waals surface area contributed by atoms with Crippen LogP contribution in [-0.4, -0.2) is 31.9 Å². The highest BCUT2D eigenvalue weighted by molar-refractivity contribution is 5.97. The topological polar surface area (TPSA) is 137 Å². The molecule has 0 fully saturated rings. The number of aromatic amines is 1. The Labute approximate surface area is 151 Å². The Bertz CT molecular complexity index is 1130. The highest BCUT2D eigenvalue weighted by atomic mass is 16.3. The maximum Gasteiger partial charge on any atom is 0.335 e. The molecular weight excluding hydrogens is 352 g/mol. The molecule has 3 aromatic rings. The van der Waals surface area contributed by atoms with E-state index < -0.39 is 23.0 Å². The SMILES string of the molecule is O=C(NN=Cc1c(O)n(-c2ccccc2)c(=O)[nH]c1=O)c1ccccc1O. The molecule has 1 amide bonds. The highest BCUT2D eigenvalue weighted by Gasteiger charge is 2.14. The van der Waals surface area contributed by atoms with Gasteiger partial charge >= 0.3 is 5.69 Å². The molecule has 9 heteroatoms. The van der Waals surface area contributed by atoms with Gasteiger partial charge in [0.1, 0.15) is 11.3 Å². The van der Waals surface area contributed by atoms with Crippen LogP contribution in [0.4, 0.5) is 0 Å². The number of nitrogens with one attached hydrogen (secondary N) is 2. The molecule has 2 aromatic carbocycles. The average molecular weight is 366 g/mol. The molecule has 0 aliphatic carbocycles. The predicted octanol–water partition coefficient (Wildman–Crippen LogP) is 0.701. The highest BCUT2D eigenvalue weighted by Crippen LogP contribution is 2.16. The van der Waals surface area contributed by atoms with Crippen LogP contribution in [-0.2, 0) is 0 Å². The maximum absolute atomic E-state index is 12.0. The first-order valence-electron chi connectivity index (χ1n) is 7.74. The molecule has 0 aliphatic heterocycles. The van der Waals surface area contributed by atoms with Gasteiger partial charge in [-0.15, -0.1) is 0 Å². The van der Waals surface area contributed by atoms with Crippen molar-refractivity contribution in [3.05, 3.63) is 86.6 Å². The summed E-state index contributed by atoms with van der Waals surface area (Å²) in [4.78, 5) is 38.0. The van der Waals surface area contributed by atoms with Crippen molar-refractivity contribution in [2.75, 3.05) is 0 Å². The van der Waals surface area contributed by atoms with Crippen molar-refractivity contribution in [3.8, 4) is 17.3 Å². The first-order chi connectivity index (χ1) is 13.0. The Morgan fingerprint density at radius 3 is 2.41 bits per heavy atom. The van der Waals surface area contributed by atoms with E-state index in [1.165, 1.54) is 12.1 Å². The number of benzene rings is 2. The van der Waals surface area contributed by atoms with Crippen LogP contribution in [0.2, 0.25) is 0 Å². The number of carbonyl (C=O) groups excluding carboxylic acids is 1. The summed E-state index contributed by atoms with van der Waals surface area (Å²) in [5, 5.41) is 23.6.